The number of hydrogen-bond donors (Lipinski definition) is 2. The van der Waals surface area contributed by atoms with Gasteiger partial charge < -0.3 is 10.4 Å². The molecule has 1 saturated carbocycles. The number of anilines is 1. The van der Waals surface area contributed by atoms with Crippen LogP contribution >= 0.6 is 11.3 Å². The van der Waals surface area contributed by atoms with Crippen molar-refractivity contribution in [3.05, 3.63) is 42.3 Å². The highest BCUT2D eigenvalue weighted by Crippen LogP contribution is 2.38. The lowest BCUT2D eigenvalue weighted by Gasteiger charge is -2.29. The number of carbonyl (C=O) groups is 1. The third-order valence-electron chi connectivity index (χ3n) is 3.97. The van der Waals surface area contributed by atoms with Crippen LogP contribution in [0.5, 0.6) is 0 Å². The van der Waals surface area contributed by atoms with Crippen molar-refractivity contribution in [2.24, 2.45) is 0 Å². The largest absolute Gasteiger partial charge is 0.483 e. The molecule has 2 N–H and O–H groups in total. The Morgan fingerprint density at radius 1 is 1.22 bits per heavy atom. The molecule has 0 aliphatic heterocycles. The third-order valence-corrected chi connectivity index (χ3v) is 4.78. The lowest BCUT2D eigenvalue weighted by Crippen LogP contribution is -2.27. The Bertz CT molecular complexity index is 786. The van der Waals surface area contributed by atoms with Gasteiger partial charge in [0.1, 0.15) is 0 Å². The molecule has 0 spiro atoms. The Morgan fingerprint density at radius 2 is 2.04 bits per heavy atom. The first kappa shape index (κ1) is 15.4. The Balaban J connectivity index is 0.000000485. The summed E-state index contributed by atoms with van der Waals surface area (Å²) in [6.45, 7) is -0.250. The van der Waals surface area contributed by atoms with E-state index in [4.69, 9.17) is 9.90 Å². The molecule has 23 heavy (non-hydrogen) atoms. The van der Waals surface area contributed by atoms with Gasteiger partial charge in [-0.2, -0.15) is 0 Å². The molecule has 6 heteroatoms. The van der Waals surface area contributed by atoms with E-state index in [1.165, 1.54) is 46.2 Å². The van der Waals surface area contributed by atoms with E-state index in [-0.39, 0.29) is 6.47 Å². The number of nitrogens with one attached hydrogen (secondary N) is 1. The number of hydrogen-bond acceptors (Lipinski definition) is 5. The van der Waals surface area contributed by atoms with Gasteiger partial charge in [0.05, 0.1) is 16.1 Å². The van der Waals surface area contributed by atoms with Gasteiger partial charge in [-0.1, -0.05) is 12.1 Å². The fraction of sp³-hybridized carbons (Fsp3) is 0.235. The molecule has 1 aliphatic rings. The van der Waals surface area contributed by atoms with Crippen LogP contribution in [0.15, 0.2) is 42.3 Å². The molecule has 0 amide bonds. The van der Waals surface area contributed by atoms with Gasteiger partial charge in [0.15, 0.2) is 0 Å². The predicted molar refractivity (Wildman–Crippen MR) is 92.8 cm³/mol. The molecule has 0 bridgehead atoms. The molecule has 0 atom stereocenters. The number of thiazole rings is 1. The highest BCUT2D eigenvalue weighted by atomic mass is 32.1. The second-order valence-electron chi connectivity index (χ2n) is 5.33. The lowest BCUT2D eigenvalue weighted by atomic mass is 9.92. The first-order chi connectivity index (χ1) is 11.3. The topological polar surface area (TPSA) is 75.1 Å². The molecule has 0 radical (unpaired) electrons. The predicted octanol–water partition coefficient (Wildman–Crippen LogP) is 4.02. The number of benzene rings is 1. The van der Waals surface area contributed by atoms with Gasteiger partial charge in [0.25, 0.3) is 6.47 Å². The summed E-state index contributed by atoms with van der Waals surface area (Å²) in [5.74, 6) is 0. The molecule has 1 aliphatic carbocycles. The highest BCUT2D eigenvalue weighted by molar-refractivity contribution is 7.13. The first-order valence-corrected chi connectivity index (χ1v) is 8.31. The average molecular weight is 327 g/mol. The summed E-state index contributed by atoms with van der Waals surface area (Å²) in [7, 11) is 0. The minimum absolute atomic E-state index is 0.250. The summed E-state index contributed by atoms with van der Waals surface area (Å²) >= 11 is 1.68. The van der Waals surface area contributed by atoms with Gasteiger partial charge in [0.2, 0.25) is 0 Å². The van der Waals surface area contributed by atoms with Crippen LogP contribution in [0, 0.1) is 0 Å². The van der Waals surface area contributed by atoms with Crippen molar-refractivity contribution in [1.29, 1.82) is 0 Å². The number of pyridine rings is 1. The zero-order chi connectivity index (χ0) is 16.1. The van der Waals surface area contributed by atoms with E-state index in [0.717, 1.165) is 0 Å². The van der Waals surface area contributed by atoms with Crippen molar-refractivity contribution in [1.82, 2.24) is 9.97 Å². The maximum Gasteiger partial charge on any atom is 0.290 e. The van der Waals surface area contributed by atoms with Crippen LogP contribution in [0.25, 0.3) is 21.2 Å². The second kappa shape index (κ2) is 7.19. The molecule has 0 unspecified atom stereocenters. The van der Waals surface area contributed by atoms with Crippen LogP contribution in [-0.4, -0.2) is 27.6 Å². The summed E-state index contributed by atoms with van der Waals surface area (Å²) in [5, 5.41) is 13.0. The molecule has 3 aromatic rings. The van der Waals surface area contributed by atoms with E-state index in [1.807, 2.05) is 24.1 Å². The Kier molecular flexibility index (Phi) is 4.83. The van der Waals surface area contributed by atoms with Crippen molar-refractivity contribution in [2.45, 2.75) is 25.3 Å². The van der Waals surface area contributed by atoms with Crippen LogP contribution in [0.4, 0.5) is 5.69 Å². The Labute approximate surface area is 138 Å². The van der Waals surface area contributed by atoms with Gasteiger partial charge in [-0.15, -0.1) is 11.3 Å². The summed E-state index contributed by atoms with van der Waals surface area (Å²) in [4.78, 5) is 18.0. The quantitative estimate of drug-likeness (QED) is 0.711. The summed E-state index contributed by atoms with van der Waals surface area (Å²) in [6.07, 6.45) is 9.61. The number of aromatic nitrogens is 2. The Morgan fingerprint density at radius 3 is 2.70 bits per heavy atom. The van der Waals surface area contributed by atoms with Crippen molar-refractivity contribution in [3.63, 3.8) is 0 Å². The van der Waals surface area contributed by atoms with E-state index >= 15 is 0 Å². The monoisotopic (exact) mass is 327 g/mol. The first-order valence-electron chi connectivity index (χ1n) is 7.43. The van der Waals surface area contributed by atoms with E-state index in [1.54, 1.807) is 11.3 Å². The highest BCUT2D eigenvalue weighted by Gasteiger charge is 2.20. The smallest absolute Gasteiger partial charge is 0.290 e. The van der Waals surface area contributed by atoms with Gasteiger partial charge in [0, 0.05) is 41.0 Å². The van der Waals surface area contributed by atoms with Crippen molar-refractivity contribution in [2.75, 3.05) is 5.32 Å². The fourth-order valence-electron chi connectivity index (χ4n) is 2.64. The summed E-state index contributed by atoms with van der Waals surface area (Å²) < 4.78 is 0. The van der Waals surface area contributed by atoms with Gasteiger partial charge in [-0.3, -0.25) is 14.8 Å². The van der Waals surface area contributed by atoms with E-state index < -0.39 is 0 Å². The van der Waals surface area contributed by atoms with Crippen LogP contribution < -0.4 is 5.32 Å². The standard InChI is InChI=1S/C16H15N3S.CH2O2/c1-2-12(3-1)19-16-13-6-7-17-8-11(13)4-5-14(16)15-9-18-10-20-15;2-1-3/h4-10,12,19H,1-3H2;1H,(H,2,3). The normalized spacial score (nSPS) is 13.7. The van der Waals surface area contributed by atoms with Crippen molar-refractivity contribution < 1.29 is 9.90 Å². The van der Waals surface area contributed by atoms with Crippen LogP contribution in [0.1, 0.15) is 19.3 Å². The summed E-state index contributed by atoms with van der Waals surface area (Å²) in [5.41, 5.74) is 4.37. The van der Waals surface area contributed by atoms with Gasteiger partial charge in [-0.25, -0.2) is 0 Å². The molecule has 4 rings (SSSR count). The lowest BCUT2D eigenvalue weighted by molar-refractivity contribution is -0.122. The minimum atomic E-state index is -0.250. The average Bonchev–Trinajstić information content (AvgIpc) is 3.05. The third kappa shape index (κ3) is 3.32. The number of carboxylic acid groups (broad SMARTS) is 1. The number of nitrogens with zero attached hydrogens (tertiary/aromatic N) is 2. The van der Waals surface area contributed by atoms with E-state index in [0.29, 0.717) is 6.04 Å². The zero-order valence-corrected chi connectivity index (χ0v) is 13.3. The van der Waals surface area contributed by atoms with Crippen molar-refractivity contribution in [3.8, 4) is 10.4 Å². The number of fused-ring (bicyclic) bond motifs is 1. The Hall–Kier alpha value is -2.47. The number of rotatable bonds is 3. The van der Waals surface area contributed by atoms with Crippen LogP contribution in [-0.2, 0) is 4.79 Å². The molecule has 1 fully saturated rings. The van der Waals surface area contributed by atoms with Gasteiger partial charge in [-0.05, 0) is 25.3 Å². The van der Waals surface area contributed by atoms with Crippen LogP contribution in [0.3, 0.4) is 0 Å². The molecule has 5 nitrogen and oxygen atoms in total. The van der Waals surface area contributed by atoms with Gasteiger partial charge >= 0.3 is 0 Å². The molecular weight excluding hydrogens is 310 g/mol. The second-order valence-corrected chi connectivity index (χ2v) is 6.21. The molecular formula is C17H17N3O2S. The van der Waals surface area contributed by atoms with E-state index in [9.17, 15) is 0 Å². The van der Waals surface area contributed by atoms with Crippen LogP contribution in [0.2, 0.25) is 0 Å². The summed E-state index contributed by atoms with van der Waals surface area (Å²) in [6, 6.07) is 7.03. The molecule has 1 aromatic carbocycles. The van der Waals surface area contributed by atoms with E-state index in [2.05, 4.69) is 33.5 Å². The van der Waals surface area contributed by atoms with Crippen molar-refractivity contribution >= 4 is 34.3 Å². The maximum atomic E-state index is 8.36. The fourth-order valence-corrected chi connectivity index (χ4v) is 3.29. The SMILES string of the molecule is O=CO.c1cc2c(NC3CCC3)c(-c3cncs3)ccc2cn1. The molecule has 118 valence electrons. The molecule has 2 heterocycles. The zero-order valence-electron chi connectivity index (χ0n) is 12.5. The minimum Gasteiger partial charge on any atom is -0.483 e. The molecule has 2 aromatic heterocycles. The molecule has 0 saturated heterocycles. The maximum absolute atomic E-state index is 8.36.